The van der Waals surface area contributed by atoms with E-state index in [-0.39, 0.29) is 55.7 Å². The summed E-state index contributed by atoms with van der Waals surface area (Å²) in [7, 11) is -1.07. The molecule has 7 rings (SSSR count). The van der Waals surface area contributed by atoms with E-state index in [0.29, 0.717) is 28.4 Å². The fraction of sp³-hybridized carbons (Fsp3) is 0.283. The Kier molecular flexibility index (Phi) is 11.8. The zero-order valence-corrected chi connectivity index (χ0v) is 34.6. The topological polar surface area (TPSA) is 143 Å². The molecule has 1 N–H and O–H groups in total. The number of methoxy groups -OCH3 is 1. The number of aliphatic hydroxyl groups is 1. The van der Waals surface area contributed by atoms with Gasteiger partial charge in [0, 0.05) is 48.1 Å². The van der Waals surface area contributed by atoms with Crippen LogP contribution in [0.15, 0.2) is 127 Å². The normalized spacial score (nSPS) is 19.7. The average molecular weight is 813 g/mol. The highest BCUT2D eigenvalue weighted by molar-refractivity contribution is 6.91. The number of para-hydroxylation sites is 1. The number of rotatable bonds is 15. The lowest BCUT2D eigenvalue weighted by molar-refractivity contribution is -0.385. The van der Waals surface area contributed by atoms with E-state index in [4.69, 9.17) is 9.47 Å². The molecule has 3 amide bonds. The van der Waals surface area contributed by atoms with Crippen molar-refractivity contribution in [3.63, 3.8) is 0 Å². The Morgan fingerprint density at radius 1 is 0.932 bits per heavy atom. The quantitative estimate of drug-likeness (QED) is 0.0512. The van der Waals surface area contributed by atoms with Gasteiger partial charge in [-0.1, -0.05) is 98.0 Å². The lowest BCUT2D eigenvalue weighted by atomic mass is 9.82. The van der Waals surface area contributed by atoms with Crippen LogP contribution in [0.3, 0.4) is 0 Å². The summed E-state index contributed by atoms with van der Waals surface area (Å²) in [5.41, 5.74) is 1.62. The number of nitro groups is 1. The van der Waals surface area contributed by atoms with E-state index in [1.54, 1.807) is 23.0 Å². The molecule has 4 atom stereocenters. The SMILES string of the molecule is COc1ccc([Si](C)(C)[C@H]2[C@H](CC(=O)N(CCO)Cc3ccccc3)O[C@@]3(C(=O)N(Cc4cccc(N(C=O)c5ccccc5)c4)c4ccc([N+](=O)[O-])cc43)[C@@H]2C)cc1. The maximum absolute atomic E-state index is 15.4. The van der Waals surface area contributed by atoms with Crippen LogP contribution in [0.25, 0.3) is 0 Å². The molecule has 0 aromatic heterocycles. The Morgan fingerprint density at radius 2 is 1.59 bits per heavy atom. The van der Waals surface area contributed by atoms with Crippen molar-refractivity contribution in [2.75, 3.05) is 30.1 Å². The van der Waals surface area contributed by atoms with Crippen LogP contribution in [-0.4, -0.2) is 67.6 Å². The third-order valence-electron chi connectivity index (χ3n) is 12.0. The predicted octanol–water partition coefficient (Wildman–Crippen LogP) is 7.07. The Bertz CT molecular complexity index is 2330. The molecule has 0 radical (unpaired) electrons. The lowest BCUT2D eigenvalue weighted by Gasteiger charge is -2.37. The molecule has 0 unspecified atom stereocenters. The zero-order valence-electron chi connectivity index (χ0n) is 33.6. The largest absolute Gasteiger partial charge is 0.497 e. The number of aliphatic hydroxyl groups excluding tert-OH is 1. The second-order valence-electron chi connectivity index (χ2n) is 15.7. The minimum atomic E-state index is -2.68. The van der Waals surface area contributed by atoms with Crippen LogP contribution in [0.5, 0.6) is 5.75 Å². The Labute approximate surface area is 344 Å². The number of fused-ring (bicyclic) bond motifs is 2. The highest BCUT2D eigenvalue weighted by atomic mass is 28.3. The average Bonchev–Trinajstić information content (AvgIpc) is 3.67. The van der Waals surface area contributed by atoms with Gasteiger partial charge in [-0.2, -0.15) is 0 Å². The van der Waals surface area contributed by atoms with Crippen molar-refractivity contribution in [1.82, 2.24) is 4.90 Å². The van der Waals surface area contributed by atoms with Gasteiger partial charge >= 0.3 is 0 Å². The van der Waals surface area contributed by atoms with Crippen molar-refractivity contribution < 1.29 is 33.9 Å². The molecule has 304 valence electrons. The minimum Gasteiger partial charge on any atom is -0.497 e. The maximum atomic E-state index is 15.4. The van der Waals surface area contributed by atoms with Crippen LogP contribution in [0, 0.1) is 16.0 Å². The van der Waals surface area contributed by atoms with Crippen molar-refractivity contribution in [2.24, 2.45) is 5.92 Å². The molecule has 5 aromatic carbocycles. The van der Waals surface area contributed by atoms with E-state index in [9.17, 15) is 24.8 Å². The second kappa shape index (κ2) is 17.0. The Morgan fingerprint density at radius 3 is 2.24 bits per heavy atom. The van der Waals surface area contributed by atoms with Crippen LogP contribution in [-0.2, 0) is 37.8 Å². The molecular weight excluding hydrogens is 765 g/mol. The summed E-state index contributed by atoms with van der Waals surface area (Å²) in [6, 6.07) is 38.4. The van der Waals surface area contributed by atoms with Gasteiger partial charge in [0.05, 0.1) is 51.5 Å². The van der Waals surface area contributed by atoms with E-state index in [0.717, 1.165) is 22.7 Å². The van der Waals surface area contributed by atoms with Crippen LogP contribution >= 0.6 is 0 Å². The predicted molar refractivity (Wildman–Crippen MR) is 229 cm³/mol. The summed E-state index contributed by atoms with van der Waals surface area (Å²) < 4.78 is 12.6. The highest BCUT2D eigenvalue weighted by Gasteiger charge is 2.66. The molecule has 1 spiro atoms. The maximum Gasteiger partial charge on any atom is 0.269 e. The van der Waals surface area contributed by atoms with Crippen molar-refractivity contribution >= 4 is 54.2 Å². The van der Waals surface area contributed by atoms with Gasteiger partial charge in [0.25, 0.3) is 11.6 Å². The molecule has 0 saturated carbocycles. The number of hydrogen-bond donors (Lipinski definition) is 1. The number of nitro benzene ring substituents is 1. The van der Waals surface area contributed by atoms with Gasteiger partial charge in [-0.3, -0.25) is 29.4 Å². The minimum absolute atomic E-state index is 0.0726. The second-order valence-corrected chi connectivity index (χ2v) is 20.4. The molecule has 13 heteroatoms. The monoisotopic (exact) mass is 812 g/mol. The first-order valence-corrected chi connectivity index (χ1v) is 22.7. The summed E-state index contributed by atoms with van der Waals surface area (Å²) >= 11 is 0. The van der Waals surface area contributed by atoms with Gasteiger partial charge in [-0.25, -0.2) is 0 Å². The fourth-order valence-electron chi connectivity index (χ4n) is 9.14. The van der Waals surface area contributed by atoms with Gasteiger partial charge in [0.1, 0.15) is 5.75 Å². The van der Waals surface area contributed by atoms with E-state index in [2.05, 4.69) is 13.1 Å². The summed E-state index contributed by atoms with van der Waals surface area (Å²) in [4.78, 5) is 58.7. The van der Waals surface area contributed by atoms with Crippen LogP contribution in [0.1, 0.15) is 30.0 Å². The van der Waals surface area contributed by atoms with Crippen molar-refractivity contribution in [2.45, 2.75) is 56.8 Å². The number of ether oxygens (including phenoxy) is 2. The number of hydrogen-bond acceptors (Lipinski definition) is 8. The Hall–Kier alpha value is -6.15. The summed E-state index contributed by atoms with van der Waals surface area (Å²) in [6.07, 6.45) is -0.0917. The van der Waals surface area contributed by atoms with Crippen molar-refractivity contribution in [3.8, 4) is 5.75 Å². The molecule has 0 aliphatic carbocycles. The number of benzene rings is 5. The first-order valence-electron chi connectivity index (χ1n) is 19.7. The molecule has 12 nitrogen and oxygen atoms in total. The number of carbonyl (C=O) groups excluding carboxylic acids is 3. The van der Waals surface area contributed by atoms with Crippen LogP contribution in [0.4, 0.5) is 22.7 Å². The molecule has 2 aliphatic rings. The van der Waals surface area contributed by atoms with Crippen molar-refractivity contribution in [1.29, 1.82) is 0 Å². The molecule has 5 aromatic rings. The molecule has 1 fully saturated rings. The zero-order chi connectivity index (χ0) is 41.9. The van der Waals surface area contributed by atoms with E-state index >= 15 is 4.79 Å². The Balaban J connectivity index is 1.31. The van der Waals surface area contributed by atoms with Gasteiger partial charge < -0.3 is 24.4 Å². The van der Waals surface area contributed by atoms with E-state index < -0.39 is 30.6 Å². The summed E-state index contributed by atoms with van der Waals surface area (Å²) in [5.74, 6) is -0.446. The number of anilines is 3. The molecule has 0 bridgehead atoms. The highest BCUT2D eigenvalue weighted by Crippen LogP contribution is 2.60. The van der Waals surface area contributed by atoms with Gasteiger partial charge in [-0.15, -0.1) is 0 Å². The van der Waals surface area contributed by atoms with Crippen LogP contribution < -0.4 is 19.7 Å². The number of carbonyl (C=O) groups is 3. The first kappa shape index (κ1) is 41.0. The smallest absolute Gasteiger partial charge is 0.269 e. The summed E-state index contributed by atoms with van der Waals surface area (Å²) in [6.45, 7) is 6.62. The number of nitrogens with zero attached hydrogens (tertiary/aromatic N) is 4. The number of non-ortho nitro benzene ring substituents is 1. The van der Waals surface area contributed by atoms with Gasteiger partial charge in [0.2, 0.25) is 12.3 Å². The third kappa shape index (κ3) is 7.76. The standard InChI is InChI=1S/C46H48N4O8Si/c1-32-44(59(3,4)39-21-19-38(57-2)20-22-39)42(28-43(53)47(24-25-51)29-33-12-7-5-8-13-33)58-46(32)40-27-37(50(55)56)18-23-41(40)48(45(46)54)30-34-14-11-17-36(26-34)49(31-52)35-15-9-6-10-16-35/h5-23,26-27,31-32,42,44,51H,24-25,28-30H2,1-4H3/t32-,42+,44-,46+/m1/s1. The van der Waals surface area contributed by atoms with Crippen molar-refractivity contribution in [3.05, 3.63) is 154 Å². The number of amides is 3. The lowest BCUT2D eigenvalue weighted by Crippen LogP contribution is -2.52. The van der Waals surface area contributed by atoms with E-state index in [1.165, 1.54) is 17.0 Å². The van der Waals surface area contributed by atoms with Gasteiger partial charge in [-0.05, 0) is 59.1 Å². The van der Waals surface area contributed by atoms with E-state index in [1.807, 2.05) is 116 Å². The first-order chi connectivity index (χ1) is 28.4. The van der Waals surface area contributed by atoms with Gasteiger partial charge in [0.15, 0.2) is 5.60 Å². The summed E-state index contributed by atoms with van der Waals surface area (Å²) in [5, 5.41) is 23.4. The fourth-order valence-corrected chi connectivity index (χ4v) is 13.1. The molecule has 1 saturated heterocycles. The molecule has 2 aliphatic heterocycles. The van der Waals surface area contributed by atoms with Crippen LogP contribution in [0.2, 0.25) is 18.6 Å². The molecular formula is C46H48N4O8Si. The molecule has 2 heterocycles. The third-order valence-corrected chi connectivity index (χ3v) is 16.4. The molecule has 59 heavy (non-hydrogen) atoms.